The molecule has 0 saturated heterocycles. The van der Waals surface area contributed by atoms with Crippen LogP contribution in [0, 0.1) is 6.92 Å². The van der Waals surface area contributed by atoms with Gasteiger partial charge >= 0.3 is 0 Å². The van der Waals surface area contributed by atoms with Crippen molar-refractivity contribution in [2.75, 3.05) is 14.2 Å². The molecule has 0 spiro atoms. The molecule has 1 aromatic heterocycles. The second-order valence-corrected chi connectivity index (χ2v) is 5.66. The van der Waals surface area contributed by atoms with Gasteiger partial charge in [-0.25, -0.2) is 0 Å². The van der Waals surface area contributed by atoms with Crippen molar-refractivity contribution in [2.45, 2.75) is 20.0 Å². The van der Waals surface area contributed by atoms with E-state index in [-0.39, 0.29) is 0 Å². The van der Waals surface area contributed by atoms with Crippen LogP contribution < -0.4 is 14.8 Å². The van der Waals surface area contributed by atoms with Gasteiger partial charge in [0.1, 0.15) is 0 Å². The summed E-state index contributed by atoms with van der Waals surface area (Å²) in [6.45, 7) is 3.33. The number of nitrogens with zero attached hydrogens (tertiary/aromatic N) is 2. The minimum Gasteiger partial charge on any atom is -0.493 e. The van der Waals surface area contributed by atoms with Gasteiger partial charge in [-0.15, -0.1) is 10.2 Å². The molecule has 3 aromatic rings. The molecule has 0 amide bonds. The largest absolute Gasteiger partial charge is 0.493 e. The van der Waals surface area contributed by atoms with Gasteiger partial charge in [-0.3, -0.25) is 0 Å². The molecule has 0 aliphatic carbocycles. The van der Waals surface area contributed by atoms with Gasteiger partial charge < -0.3 is 19.2 Å². The average molecular weight is 339 g/mol. The van der Waals surface area contributed by atoms with Gasteiger partial charge in [0, 0.05) is 12.1 Å². The maximum atomic E-state index is 5.72. The van der Waals surface area contributed by atoms with Crippen LogP contribution in [0.25, 0.3) is 11.5 Å². The van der Waals surface area contributed by atoms with Crippen LogP contribution in [0.1, 0.15) is 17.0 Å². The van der Waals surface area contributed by atoms with Crippen molar-refractivity contribution in [3.05, 3.63) is 59.5 Å². The Morgan fingerprint density at radius 2 is 1.80 bits per heavy atom. The number of hydrogen-bond acceptors (Lipinski definition) is 6. The van der Waals surface area contributed by atoms with E-state index in [0.717, 1.165) is 12.1 Å². The van der Waals surface area contributed by atoms with Gasteiger partial charge in [-0.2, -0.15) is 0 Å². The van der Waals surface area contributed by atoms with Crippen molar-refractivity contribution in [3.63, 3.8) is 0 Å². The van der Waals surface area contributed by atoms with Crippen LogP contribution in [0.15, 0.2) is 46.9 Å². The van der Waals surface area contributed by atoms with Crippen molar-refractivity contribution in [3.8, 4) is 23.0 Å². The molecule has 0 unspecified atom stereocenters. The third-order valence-corrected chi connectivity index (χ3v) is 3.79. The lowest BCUT2D eigenvalue weighted by molar-refractivity contribution is 0.355. The van der Waals surface area contributed by atoms with Crippen LogP contribution in [0.5, 0.6) is 11.5 Å². The van der Waals surface area contributed by atoms with Gasteiger partial charge in [0.15, 0.2) is 11.5 Å². The van der Waals surface area contributed by atoms with E-state index in [1.807, 2.05) is 24.3 Å². The van der Waals surface area contributed by atoms with Crippen molar-refractivity contribution >= 4 is 0 Å². The number of rotatable bonds is 7. The van der Waals surface area contributed by atoms with Crippen LogP contribution in [0.4, 0.5) is 0 Å². The summed E-state index contributed by atoms with van der Waals surface area (Å²) >= 11 is 0. The molecule has 0 aliphatic heterocycles. The standard InChI is InChI=1S/C19H21N3O3/c1-13-5-4-6-14(9-13)11-20-12-18-21-22-19(25-18)15-7-8-16(23-2)17(10-15)24-3/h4-10,20H,11-12H2,1-3H3. The first-order valence-corrected chi connectivity index (χ1v) is 8.00. The number of methoxy groups -OCH3 is 2. The Bertz CT molecular complexity index is 845. The van der Waals surface area contributed by atoms with E-state index in [0.29, 0.717) is 29.8 Å². The SMILES string of the molecule is COc1ccc(-c2nnc(CNCc3cccc(C)c3)o2)cc1OC. The van der Waals surface area contributed by atoms with Crippen LogP contribution in [0.2, 0.25) is 0 Å². The maximum absolute atomic E-state index is 5.72. The van der Waals surface area contributed by atoms with Gasteiger partial charge in [0.05, 0.1) is 20.8 Å². The minimum absolute atomic E-state index is 0.452. The summed E-state index contributed by atoms with van der Waals surface area (Å²) in [6.07, 6.45) is 0. The van der Waals surface area contributed by atoms with Crippen molar-refractivity contribution < 1.29 is 13.9 Å². The van der Waals surface area contributed by atoms with Crippen LogP contribution in [-0.2, 0) is 13.1 Å². The molecular weight excluding hydrogens is 318 g/mol. The summed E-state index contributed by atoms with van der Waals surface area (Å²) in [7, 11) is 3.19. The maximum Gasteiger partial charge on any atom is 0.247 e. The van der Waals surface area contributed by atoms with Crippen LogP contribution in [0.3, 0.4) is 0 Å². The van der Waals surface area contributed by atoms with Gasteiger partial charge in [0.2, 0.25) is 11.8 Å². The molecule has 0 fully saturated rings. The zero-order chi connectivity index (χ0) is 17.6. The second-order valence-electron chi connectivity index (χ2n) is 5.66. The van der Waals surface area contributed by atoms with Crippen molar-refractivity contribution in [1.29, 1.82) is 0 Å². The first-order valence-electron chi connectivity index (χ1n) is 8.00. The Morgan fingerprint density at radius 1 is 0.960 bits per heavy atom. The van der Waals surface area contributed by atoms with Crippen molar-refractivity contribution in [2.24, 2.45) is 0 Å². The lowest BCUT2D eigenvalue weighted by Gasteiger charge is -2.07. The van der Waals surface area contributed by atoms with E-state index < -0.39 is 0 Å². The number of ether oxygens (including phenoxy) is 2. The Balaban J connectivity index is 1.64. The summed E-state index contributed by atoms with van der Waals surface area (Å²) in [5, 5.41) is 11.5. The fourth-order valence-electron chi connectivity index (χ4n) is 2.55. The number of aryl methyl sites for hydroxylation is 1. The van der Waals surface area contributed by atoms with E-state index in [9.17, 15) is 0 Å². The highest BCUT2D eigenvalue weighted by atomic mass is 16.5. The lowest BCUT2D eigenvalue weighted by atomic mass is 10.1. The zero-order valence-corrected chi connectivity index (χ0v) is 14.6. The monoisotopic (exact) mass is 339 g/mol. The molecule has 0 atom stereocenters. The highest BCUT2D eigenvalue weighted by Gasteiger charge is 2.12. The minimum atomic E-state index is 0.452. The summed E-state index contributed by atoms with van der Waals surface area (Å²) in [5.74, 6) is 2.27. The molecule has 0 aliphatic rings. The Hall–Kier alpha value is -2.86. The second kappa shape index (κ2) is 7.81. The number of benzene rings is 2. The number of hydrogen-bond donors (Lipinski definition) is 1. The molecule has 6 nitrogen and oxygen atoms in total. The van der Waals surface area contributed by atoms with E-state index in [4.69, 9.17) is 13.9 Å². The van der Waals surface area contributed by atoms with E-state index in [2.05, 4.69) is 40.6 Å². The fourth-order valence-corrected chi connectivity index (χ4v) is 2.55. The molecule has 2 aromatic carbocycles. The summed E-state index contributed by atoms with van der Waals surface area (Å²) < 4.78 is 16.3. The zero-order valence-electron chi connectivity index (χ0n) is 14.6. The molecule has 25 heavy (non-hydrogen) atoms. The molecule has 6 heteroatoms. The number of nitrogens with one attached hydrogen (secondary N) is 1. The Kier molecular flexibility index (Phi) is 5.30. The molecule has 130 valence electrons. The Labute approximate surface area is 146 Å². The fraction of sp³-hybridized carbons (Fsp3) is 0.263. The molecule has 1 heterocycles. The predicted molar refractivity (Wildman–Crippen MR) is 94.6 cm³/mol. The lowest BCUT2D eigenvalue weighted by Crippen LogP contribution is -2.12. The Morgan fingerprint density at radius 3 is 2.56 bits per heavy atom. The van der Waals surface area contributed by atoms with Crippen LogP contribution in [-0.4, -0.2) is 24.4 Å². The summed E-state index contributed by atoms with van der Waals surface area (Å²) in [6, 6.07) is 13.9. The third-order valence-electron chi connectivity index (χ3n) is 3.79. The molecule has 0 bridgehead atoms. The normalized spacial score (nSPS) is 10.7. The first kappa shape index (κ1) is 17.0. The highest BCUT2D eigenvalue weighted by molar-refractivity contribution is 5.59. The van der Waals surface area contributed by atoms with E-state index in [1.54, 1.807) is 14.2 Å². The third kappa shape index (κ3) is 4.16. The summed E-state index contributed by atoms with van der Waals surface area (Å²) in [5.41, 5.74) is 3.25. The molecular formula is C19H21N3O3. The van der Waals surface area contributed by atoms with Gasteiger partial charge in [0.25, 0.3) is 0 Å². The van der Waals surface area contributed by atoms with Crippen molar-refractivity contribution in [1.82, 2.24) is 15.5 Å². The smallest absolute Gasteiger partial charge is 0.247 e. The first-order chi connectivity index (χ1) is 12.2. The molecule has 3 rings (SSSR count). The topological polar surface area (TPSA) is 69.4 Å². The number of aromatic nitrogens is 2. The highest BCUT2D eigenvalue weighted by Crippen LogP contribution is 2.31. The average Bonchev–Trinajstić information content (AvgIpc) is 3.10. The molecule has 0 saturated carbocycles. The van der Waals surface area contributed by atoms with E-state index in [1.165, 1.54) is 11.1 Å². The molecule has 0 radical (unpaired) electrons. The van der Waals surface area contributed by atoms with Gasteiger partial charge in [-0.1, -0.05) is 29.8 Å². The van der Waals surface area contributed by atoms with E-state index >= 15 is 0 Å². The van der Waals surface area contributed by atoms with Crippen LogP contribution >= 0.6 is 0 Å². The summed E-state index contributed by atoms with van der Waals surface area (Å²) in [4.78, 5) is 0. The predicted octanol–water partition coefficient (Wildman–Crippen LogP) is 3.35. The quantitative estimate of drug-likeness (QED) is 0.712. The molecule has 1 N–H and O–H groups in total. The van der Waals surface area contributed by atoms with Gasteiger partial charge in [-0.05, 0) is 30.7 Å².